The molecule has 22 heavy (non-hydrogen) atoms. The molecule has 0 bridgehead atoms. The third-order valence-electron chi connectivity index (χ3n) is 5.15. The monoisotopic (exact) mass is 322 g/mol. The van der Waals surface area contributed by atoms with E-state index in [0.717, 1.165) is 12.2 Å². The molecule has 3 heterocycles. The topological polar surface area (TPSA) is 50.2 Å². The van der Waals surface area contributed by atoms with Gasteiger partial charge in [0.25, 0.3) is 0 Å². The number of likely N-dealkylation sites (tertiary alicyclic amines) is 1. The average Bonchev–Trinajstić information content (AvgIpc) is 3.14. The van der Waals surface area contributed by atoms with Gasteiger partial charge in [-0.1, -0.05) is 0 Å². The van der Waals surface area contributed by atoms with Gasteiger partial charge in [-0.2, -0.15) is 16.9 Å². The first kappa shape index (κ1) is 15.9. The molecule has 0 radical (unpaired) electrons. The fourth-order valence-corrected chi connectivity index (χ4v) is 4.98. The summed E-state index contributed by atoms with van der Waals surface area (Å²) in [5, 5.41) is 8.22. The van der Waals surface area contributed by atoms with Crippen LogP contribution in [0, 0.1) is 19.8 Å². The molecule has 0 spiro atoms. The minimum atomic E-state index is 0.155. The fourth-order valence-electron chi connectivity index (χ4n) is 3.80. The van der Waals surface area contributed by atoms with Crippen molar-refractivity contribution in [1.82, 2.24) is 20.0 Å². The molecule has 122 valence electrons. The van der Waals surface area contributed by atoms with Crippen LogP contribution in [0.5, 0.6) is 0 Å². The van der Waals surface area contributed by atoms with Crippen molar-refractivity contribution in [3.8, 4) is 0 Å². The molecule has 2 aliphatic rings. The molecule has 1 unspecified atom stereocenters. The van der Waals surface area contributed by atoms with E-state index in [0.29, 0.717) is 18.4 Å². The molecule has 1 aromatic rings. The Balaban J connectivity index is 1.80. The van der Waals surface area contributed by atoms with Crippen LogP contribution in [0.1, 0.15) is 35.8 Å². The van der Waals surface area contributed by atoms with Crippen molar-refractivity contribution in [2.24, 2.45) is 13.0 Å². The quantitative estimate of drug-likeness (QED) is 0.916. The first-order valence-corrected chi connectivity index (χ1v) is 9.21. The predicted octanol–water partition coefficient (Wildman–Crippen LogP) is 1.65. The molecule has 6 heteroatoms. The first-order chi connectivity index (χ1) is 10.5. The van der Waals surface area contributed by atoms with Gasteiger partial charge in [0, 0.05) is 56.0 Å². The Kier molecular flexibility index (Phi) is 4.50. The Hall–Kier alpha value is -1.01. The molecule has 2 saturated heterocycles. The number of nitrogens with zero attached hydrogens (tertiary/aromatic N) is 3. The summed E-state index contributed by atoms with van der Waals surface area (Å²) in [5.41, 5.74) is 3.46. The van der Waals surface area contributed by atoms with Crippen LogP contribution in [0.4, 0.5) is 0 Å². The molecule has 5 nitrogen and oxygen atoms in total. The second kappa shape index (κ2) is 6.24. The number of amides is 1. The van der Waals surface area contributed by atoms with E-state index in [1.165, 1.54) is 29.2 Å². The van der Waals surface area contributed by atoms with Crippen molar-refractivity contribution in [2.75, 3.05) is 25.1 Å². The number of thioether (sulfide) groups is 1. The number of carbonyl (C=O) groups is 1. The molecular formula is C16H26N4OS. The average molecular weight is 322 g/mol. The van der Waals surface area contributed by atoms with Crippen LogP contribution in [0.15, 0.2) is 0 Å². The standard InChI is InChI=1S/C16H26N4OS/c1-10-15(11(2)20(4)18-10)16-12(7-14(21)19(16)3)8-17-13-5-6-22-9-13/h12-13,16-17H,5-9H2,1-4H3/t12-,13?,16+/m0/s1. The van der Waals surface area contributed by atoms with Crippen LogP contribution >= 0.6 is 11.8 Å². The maximum atomic E-state index is 12.3. The van der Waals surface area contributed by atoms with E-state index in [-0.39, 0.29) is 11.9 Å². The summed E-state index contributed by atoms with van der Waals surface area (Å²) in [4.78, 5) is 14.2. The van der Waals surface area contributed by atoms with Gasteiger partial charge >= 0.3 is 0 Å². The fraction of sp³-hybridized carbons (Fsp3) is 0.750. The minimum Gasteiger partial charge on any atom is -0.338 e. The molecular weight excluding hydrogens is 296 g/mol. The number of aromatic nitrogens is 2. The zero-order chi connectivity index (χ0) is 15.9. The van der Waals surface area contributed by atoms with E-state index in [2.05, 4.69) is 24.3 Å². The van der Waals surface area contributed by atoms with Crippen molar-refractivity contribution in [3.63, 3.8) is 0 Å². The van der Waals surface area contributed by atoms with Crippen LogP contribution in [-0.4, -0.2) is 51.7 Å². The molecule has 1 amide bonds. The van der Waals surface area contributed by atoms with Gasteiger partial charge in [0.05, 0.1) is 11.7 Å². The number of carbonyl (C=O) groups excluding carboxylic acids is 1. The number of aryl methyl sites for hydroxylation is 2. The molecule has 0 aliphatic carbocycles. The Morgan fingerprint density at radius 2 is 2.14 bits per heavy atom. The van der Waals surface area contributed by atoms with Crippen LogP contribution < -0.4 is 5.32 Å². The molecule has 2 fully saturated rings. The lowest BCUT2D eigenvalue weighted by Gasteiger charge is -2.27. The van der Waals surface area contributed by atoms with Crippen LogP contribution in [0.3, 0.4) is 0 Å². The van der Waals surface area contributed by atoms with Crippen LogP contribution in [-0.2, 0) is 11.8 Å². The zero-order valence-corrected chi connectivity index (χ0v) is 14.7. The summed E-state index contributed by atoms with van der Waals surface area (Å²) in [6.07, 6.45) is 1.89. The Morgan fingerprint density at radius 3 is 2.73 bits per heavy atom. The number of rotatable bonds is 4. The van der Waals surface area contributed by atoms with Gasteiger partial charge in [0.1, 0.15) is 0 Å². The molecule has 1 aromatic heterocycles. The molecule has 3 atom stereocenters. The molecule has 2 aliphatic heterocycles. The smallest absolute Gasteiger partial charge is 0.223 e. The minimum absolute atomic E-state index is 0.155. The summed E-state index contributed by atoms with van der Waals surface area (Å²) in [6.45, 7) is 5.07. The summed E-state index contributed by atoms with van der Waals surface area (Å²) in [7, 11) is 3.91. The Bertz CT molecular complexity index is 565. The summed E-state index contributed by atoms with van der Waals surface area (Å²) >= 11 is 2.02. The van der Waals surface area contributed by atoms with E-state index in [1.807, 2.05) is 35.4 Å². The summed E-state index contributed by atoms with van der Waals surface area (Å²) < 4.78 is 1.93. The van der Waals surface area contributed by atoms with E-state index in [9.17, 15) is 4.79 Å². The van der Waals surface area contributed by atoms with Gasteiger partial charge in [0.2, 0.25) is 5.91 Å². The lowest BCUT2D eigenvalue weighted by Crippen LogP contribution is -2.35. The maximum absolute atomic E-state index is 12.3. The second-order valence-electron chi connectivity index (χ2n) is 6.59. The lowest BCUT2D eigenvalue weighted by molar-refractivity contribution is -0.127. The normalized spacial score (nSPS) is 28.8. The van der Waals surface area contributed by atoms with Gasteiger partial charge in [0.15, 0.2) is 0 Å². The molecule has 3 rings (SSSR count). The van der Waals surface area contributed by atoms with Crippen molar-refractivity contribution in [1.29, 1.82) is 0 Å². The predicted molar refractivity (Wildman–Crippen MR) is 90.0 cm³/mol. The highest BCUT2D eigenvalue weighted by molar-refractivity contribution is 7.99. The molecule has 0 aromatic carbocycles. The SMILES string of the molecule is Cc1nn(C)c(C)c1[C@H]1[C@H](CNC2CCSC2)CC(=O)N1C. The number of nitrogens with one attached hydrogen (secondary N) is 1. The van der Waals surface area contributed by atoms with Gasteiger partial charge in [-0.15, -0.1) is 0 Å². The van der Waals surface area contributed by atoms with Gasteiger partial charge < -0.3 is 10.2 Å². The maximum Gasteiger partial charge on any atom is 0.223 e. The van der Waals surface area contributed by atoms with Crippen molar-refractivity contribution < 1.29 is 4.79 Å². The lowest BCUT2D eigenvalue weighted by atomic mass is 9.92. The first-order valence-electron chi connectivity index (χ1n) is 8.06. The highest BCUT2D eigenvalue weighted by Crippen LogP contribution is 2.39. The Labute approximate surface area is 136 Å². The zero-order valence-electron chi connectivity index (χ0n) is 13.9. The highest BCUT2D eigenvalue weighted by atomic mass is 32.2. The molecule has 0 saturated carbocycles. The molecule has 1 N–H and O–H groups in total. The third-order valence-corrected chi connectivity index (χ3v) is 6.32. The van der Waals surface area contributed by atoms with E-state index in [1.54, 1.807) is 0 Å². The largest absolute Gasteiger partial charge is 0.338 e. The van der Waals surface area contributed by atoms with Crippen molar-refractivity contribution >= 4 is 17.7 Å². The highest BCUT2D eigenvalue weighted by Gasteiger charge is 2.41. The van der Waals surface area contributed by atoms with Crippen LogP contribution in [0.25, 0.3) is 0 Å². The third kappa shape index (κ3) is 2.78. The van der Waals surface area contributed by atoms with Gasteiger partial charge in [-0.05, 0) is 26.0 Å². The van der Waals surface area contributed by atoms with Gasteiger partial charge in [-0.25, -0.2) is 0 Å². The summed E-state index contributed by atoms with van der Waals surface area (Å²) in [6, 6.07) is 0.769. The number of hydrogen-bond donors (Lipinski definition) is 1. The van der Waals surface area contributed by atoms with Crippen LogP contribution in [0.2, 0.25) is 0 Å². The van der Waals surface area contributed by atoms with Crippen molar-refractivity contribution in [2.45, 2.75) is 38.8 Å². The van der Waals surface area contributed by atoms with Crippen molar-refractivity contribution in [3.05, 3.63) is 17.0 Å². The number of hydrogen-bond acceptors (Lipinski definition) is 4. The summed E-state index contributed by atoms with van der Waals surface area (Å²) in [5.74, 6) is 3.04. The van der Waals surface area contributed by atoms with E-state index in [4.69, 9.17) is 0 Å². The second-order valence-corrected chi connectivity index (χ2v) is 7.74. The Morgan fingerprint density at radius 1 is 1.36 bits per heavy atom. The van der Waals surface area contributed by atoms with E-state index >= 15 is 0 Å². The van der Waals surface area contributed by atoms with Gasteiger partial charge in [-0.3, -0.25) is 9.48 Å². The van der Waals surface area contributed by atoms with E-state index < -0.39 is 0 Å².